The van der Waals surface area contributed by atoms with Crippen molar-refractivity contribution in [1.29, 1.82) is 0 Å². The fourth-order valence-corrected chi connectivity index (χ4v) is 1.82. The molecule has 1 amide bonds. The molecule has 2 rings (SSSR count). The molecular formula is C15H15ClN2O3. The predicted octanol–water partition coefficient (Wildman–Crippen LogP) is 3.80. The van der Waals surface area contributed by atoms with E-state index in [0.29, 0.717) is 10.8 Å². The van der Waals surface area contributed by atoms with Crippen molar-refractivity contribution in [3.8, 4) is 5.88 Å². The van der Waals surface area contributed by atoms with Crippen LogP contribution in [0.2, 0.25) is 5.15 Å². The van der Waals surface area contributed by atoms with E-state index in [1.807, 2.05) is 30.3 Å². The van der Waals surface area contributed by atoms with Crippen LogP contribution in [0.15, 0.2) is 36.4 Å². The Hall–Kier alpha value is -2.27. The van der Waals surface area contributed by atoms with Gasteiger partial charge >= 0.3 is 6.09 Å². The zero-order valence-electron chi connectivity index (χ0n) is 11.7. The molecule has 0 atom stereocenters. The molecule has 0 bridgehead atoms. The number of aryl methyl sites for hydroxylation is 1. The summed E-state index contributed by atoms with van der Waals surface area (Å²) in [6, 6.07) is 11.1. The average molecular weight is 307 g/mol. The predicted molar refractivity (Wildman–Crippen MR) is 80.8 cm³/mol. The molecular weight excluding hydrogens is 292 g/mol. The molecule has 0 aliphatic rings. The molecule has 1 aromatic carbocycles. The molecule has 110 valence electrons. The molecule has 6 heteroatoms. The van der Waals surface area contributed by atoms with E-state index in [0.717, 1.165) is 11.1 Å². The Morgan fingerprint density at radius 2 is 2.05 bits per heavy atom. The third-order valence-electron chi connectivity index (χ3n) is 2.76. The maximum Gasteiger partial charge on any atom is 0.412 e. The van der Waals surface area contributed by atoms with Crippen molar-refractivity contribution in [2.24, 2.45) is 0 Å². The number of carbonyl (C=O) groups excluding carboxylic acids is 1. The van der Waals surface area contributed by atoms with Crippen molar-refractivity contribution < 1.29 is 14.3 Å². The first kappa shape index (κ1) is 15.1. The van der Waals surface area contributed by atoms with Gasteiger partial charge in [0.1, 0.15) is 17.4 Å². The number of nitrogens with one attached hydrogen (secondary N) is 1. The summed E-state index contributed by atoms with van der Waals surface area (Å²) in [7, 11) is 1.45. The SMILES string of the molecule is COc1nc(Cl)c(C)cc1NC(=O)OCc1ccccc1. The lowest BCUT2D eigenvalue weighted by atomic mass is 10.2. The van der Waals surface area contributed by atoms with Crippen molar-refractivity contribution in [3.63, 3.8) is 0 Å². The number of rotatable bonds is 4. The summed E-state index contributed by atoms with van der Waals surface area (Å²) < 4.78 is 10.2. The molecule has 5 nitrogen and oxygen atoms in total. The van der Waals surface area contributed by atoms with Crippen LogP contribution in [0.4, 0.5) is 10.5 Å². The Labute approximate surface area is 127 Å². The molecule has 2 aromatic rings. The Kier molecular flexibility index (Phi) is 5.00. The number of benzene rings is 1. The highest BCUT2D eigenvalue weighted by Gasteiger charge is 2.12. The van der Waals surface area contributed by atoms with E-state index >= 15 is 0 Å². The van der Waals surface area contributed by atoms with E-state index in [1.54, 1.807) is 13.0 Å². The molecule has 1 heterocycles. The van der Waals surface area contributed by atoms with Gasteiger partial charge in [-0.05, 0) is 24.1 Å². The van der Waals surface area contributed by atoms with Gasteiger partial charge in [-0.15, -0.1) is 0 Å². The number of carbonyl (C=O) groups is 1. The van der Waals surface area contributed by atoms with Crippen LogP contribution in [0.5, 0.6) is 5.88 Å². The van der Waals surface area contributed by atoms with Crippen molar-refractivity contribution in [1.82, 2.24) is 4.98 Å². The second-order valence-electron chi connectivity index (χ2n) is 4.34. The zero-order valence-corrected chi connectivity index (χ0v) is 12.5. The monoisotopic (exact) mass is 306 g/mol. The third-order valence-corrected chi connectivity index (χ3v) is 3.14. The van der Waals surface area contributed by atoms with Crippen LogP contribution in [-0.4, -0.2) is 18.2 Å². The number of methoxy groups -OCH3 is 1. The van der Waals surface area contributed by atoms with Gasteiger partial charge < -0.3 is 9.47 Å². The normalized spacial score (nSPS) is 10.0. The van der Waals surface area contributed by atoms with Gasteiger partial charge in [0, 0.05) is 0 Å². The maximum atomic E-state index is 11.8. The van der Waals surface area contributed by atoms with Crippen molar-refractivity contribution >= 4 is 23.4 Å². The number of amides is 1. The molecule has 0 saturated carbocycles. The smallest absolute Gasteiger partial charge is 0.412 e. The van der Waals surface area contributed by atoms with Gasteiger partial charge in [0.2, 0.25) is 5.88 Å². The van der Waals surface area contributed by atoms with Gasteiger partial charge in [0.15, 0.2) is 0 Å². The fraction of sp³-hybridized carbons (Fsp3) is 0.200. The molecule has 0 fully saturated rings. The lowest BCUT2D eigenvalue weighted by molar-refractivity contribution is 0.155. The number of anilines is 1. The van der Waals surface area contributed by atoms with Gasteiger partial charge in [-0.2, -0.15) is 4.98 Å². The Morgan fingerprint density at radius 1 is 1.33 bits per heavy atom. The molecule has 0 aliphatic heterocycles. The number of hydrogen-bond acceptors (Lipinski definition) is 4. The van der Waals surface area contributed by atoms with Gasteiger partial charge in [-0.1, -0.05) is 41.9 Å². The number of nitrogens with zero attached hydrogens (tertiary/aromatic N) is 1. The summed E-state index contributed by atoms with van der Waals surface area (Å²) in [5.41, 5.74) is 2.05. The largest absolute Gasteiger partial charge is 0.479 e. The maximum absolute atomic E-state index is 11.8. The summed E-state index contributed by atoms with van der Waals surface area (Å²) in [5.74, 6) is 0.238. The quantitative estimate of drug-likeness (QED) is 0.873. The number of aromatic nitrogens is 1. The van der Waals surface area contributed by atoms with Crippen LogP contribution in [0.3, 0.4) is 0 Å². The molecule has 0 saturated heterocycles. The van der Waals surface area contributed by atoms with Crippen LogP contribution >= 0.6 is 11.6 Å². The zero-order chi connectivity index (χ0) is 15.2. The first-order valence-corrected chi connectivity index (χ1v) is 6.67. The highest BCUT2D eigenvalue weighted by molar-refractivity contribution is 6.30. The molecule has 0 spiro atoms. The van der Waals surface area contributed by atoms with Crippen LogP contribution in [0.25, 0.3) is 0 Å². The van der Waals surface area contributed by atoms with Gasteiger partial charge in [-0.3, -0.25) is 5.32 Å². The summed E-state index contributed by atoms with van der Waals surface area (Å²) in [6.45, 7) is 1.98. The van der Waals surface area contributed by atoms with Crippen LogP contribution in [0.1, 0.15) is 11.1 Å². The van der Waals surface area contributed by atoms with E-state index in [-0.39, 0.29) is 12.5 Å². The number of pyridine rings is 1. The summed E-state index contributed by atoms with van der Waals surface area (Å²) in [4.78, 5) is 15.8. The van der Waals surface area contributed by atoms with Gasteiger partial charge in [0.25, 0.3) is 0 Å². The second-order valence-corrected chi connectivity index (χ2v) is 4.70. The molecule has 0 aliphatic carbocycles. The third kappa shape index (κ3) is 4.10. The summed E-state index contributed by atoms with van der Waals surface area (Å²) in [6.07, 6.45) is -0.583. The molecule has 21 heavy (non-hydrogen) atoms. The average Bonchev–Trinajstić information content (AvgIpc) is 2.49. The van der Waals surface area contributed by atoms with Crippen molar-refractivity contribution in [3.05, 3.63) is 52.7 Å². The van der Waals surface area contributed by atoms with E-state index in [2.05, 4.69) is 10.3 Å². The first-order chi connectivity index (χ1) is 10.1. The molecule has 1 aromatic heterocycles. The van der Waals surface area contributed by atoms with Crippen LogP contribution in [0, 0.1) is 6.92 Å². The number of ether oxygens (including phenoxy) is 2. The molecule has 1 N–H and O–H groups in total. The Bertz CT molecular complexity index is 632. The second kappa shape index (κ2) is 6.95. The summed E-state index contributed by atoms with van der Waals surface area (Å²) >= 11 is 5.91. The lowest BCUT2D eigenvalue weighted by Crippen LogP contribution is -2.14. The highest BCUT2D eigenvalue weighted by atomic mass is 35.5. The van der Waals surface area contributed by atoms with E-state index < -0.39 is 6.09 Å². The fourth-order valence-electron chi connectivity index (χ4n) is 1.69. The van der Waals surface area contributed by atoms with E-state index in [1.165, 1.54) is 7.11 Å². The van der Waals surface area contributed by atoms with Crippen LogP contribution in [-0.2, 0) is 11.3 Å². The molecule has 0 unspecified atom stereocenters. The lowest BCUT2D eigenvalue weighted by Gasteiger charge is -2.11. The van der Waals surface area contributed by atoms with E-state index in [4.69, 9.17) is 21.1 Å². The number of halogens is 1. The minimum Gasteiger partial charge on any atom is -0.479 e. The van der Waals surface area contributed by atoms with Crippen LogP contribution < -0.4 is 10.1 Å². The highest BCUT2D eigenvalue weighted by Crippen LogP contribution is 2.27. The Balaban J connectivity index is 2.01. The van der Waals surface area contributed by atoms with Crippen molar-refractivity contribution in [2.45, 2.75) is 13.5 Å². The Morgan fingerprint density at radius 3 is 2.71 bits per heavy atom. The van der Waals surface area contributed by atoms with Gasteiger partial charge in [-0.25, -0.2) is 4.79 Å². The topological polar surface area (TPSA) is 60.5 Å². The van der Waals surface area contributed by atoms with Gasteiger partial charge in [0.05, 0.1) is 7.11 Å². The molecule has 0 radical (unpaired) electrons. The minimum atomic E-state index is -0.583. The van der Waals surface area contributed by atoms with E-state index in [9.17, 15) is 4.79 Å². The first-order valence-electron chi connectivity index (χ1n) is 6.29. The number of hydrogen-bond donors (Lipinski definition) is 1. The summed E-state index contributed by atoms with van der Waals surface area (Å²) in [5, 5.41) is 2.92. The minimum absolute atomic E-state index is 0.189. The standard InChI is InChI=1S/C15H15ClN2O3/c1-10-8-12(14(20-2)18-13(10)16)17-15(19)21-9-11-6-4-3-5-7-11/h3-8H,9H2,1-2H3,(H,17,19). The van der Waals surface area contributed by atoms with Crippen molar-refractivity contribution in [2.75, 3.05) is 12.4 Å².